The van der Waals surface area contributed by atoms with Crippen molar-refractivity contribution in [3.05, 3.63) is 42.2 Å². The first kappa shape index (κ1) is 14.1. The number of aromatic nitrogens is 2. The molecule has 2 aromatic rings. The Kier molecular flexibility index (Phi) is 4.73. The number of nitrogens with zero attached hydrogens (tertiary/aromatic N) is 2. The van der Waals surface area contributed by atoms with E-state index in [-0.39, 0.29) is 5.91 Å². The highest BCUT2D eigenvalue weighted by atomic mass is 16.5. The molecule has 1 amide bonds. The number of hydrogen-bond donors (Lipinski definition) is 1. The van der Waals surface area contributed by atoms with Crippen molar-refractivity contribution in [3.63, 3.8) is 0 Å². The van der Waals surface area contributed by atoms with E-state index in [9.17, 15) is 4.79 Å². The number of carbonyl (C=O) groups excluding carboxylic acids is 1. The molecule has 0 radical (unpaired) electrons. The first-order valence-corrected chi connectivity index (χ1v) is 6.29. The third-order valence-corrected chi connectivity index (χ3v) is 2.67. The molecule has 1 heterocycles. The second kappa shape index (κ2) is 6.72. The van der Waals surface area contributed by atoms with Crippen LogP contribution in [0.2, 0.25) is 0 Å². The maximum Gasteiger partial charge on any atom is 0.259 e. The summed E-state index contributed by atoms with van der Waals surface area (Å²) in [5.41, 5.74) is 1.09. The van der Waals surface area contributed by atoms with E-state index < -0.39 is 0 Å². The second-order valence-corrected chi connectivity index (χ2v) is 4.04. The number of rotatable bonds is 6. The zero-order chi connectivity index (χ0) is 14.4. The molecule has 0 aliphatic carbocycles. The van der Waals surface area contributed by atoms with E-state index in [1.54, 1.807) is 35.3 Å². The van der Waals surface area contributed by atoms with Crippen LogP contribution in [0.1, 0.15) is 17.3 Å². The van der Waals surface area contributed by atoms with E-state index in [1.807, 2.05) is 13.0 Å². The molecule has 0 aliphatic rings. The molecule has 1 aromatic heterocycles. The molecule has 0 atom stereocenters. The van der Waals surface area contributed by atoms with Crippen LogP contribution in [0.15, 0.2) is 36.7 Å². The fraction of sp³-hybridized carbons (Fsp3) is 0.286. The fourth-order valence-corrected chi connectivity index (χ4v) is 1.71. The lowest BCUT2D eigenvalue weighted by Crippen LogP contribution is -2.12. The number of para-hydroxylation sites is 1. The summed E-state index contributed by atoms with van der Waals surface area (Å²) in [5, 5.41) is 6.86. The number of nitrogens with one attached hydrogen (secondary N) is 1. The summed E-state index contributed by atoms with van der Waals surface area (Å²) in [5.74, 6) is 0.296. The summed E-state index contributed by atoms with van der Waals surface area (Å²) in [6.45, 7) is 2.89. The molecule has 6 heteroatoms. The minimum Gasteiger partial charge on any atom is -0.496 e. The largest absolute Gasteiger partial charge is 0.496 e. The average molecular weight is 275 g/mol. The van der Waals surface area contributed by atoms with Crippen LogP contribution in [0.4, 0.5) is 5.69 Å². The van der Waals surface area contributed by atoms with E-state index in [2.05, 4.69) is 10.4 Å². The molecule has 0 spiro atoms. The molecule has 106 valence electrons. The van der Waals surface area contributed by atoms with Crippen LogP contribution < -0.4 is 10.1 Å². The Morgan fingerprint density at radius 3 is 2.95 bits per heavy atom. The number of anilines is 1. The van der Waals surface area contributed by atoms with Gasteiger partial charge >= 0.3 is 0 Å². The molecule has 0 fully saturated rings. The number of amides is 1. The van der Waals surface area contributed by atoms with Gasteiger partial charge in [0.05, 0.1) is 30.8 Å². The van der Waals surface area contributed by atoms with E-state index in [0.29, 0.717) is 30.3 Å². The smallest absolute Gasteiger partial charge is 0.259 e. The molecule has 0 saturated heterocycles. The average Bonchev–Trinajstić information content (AvgIpc) is 2.92. The summed E-state index contributed by atoms with van der Waals surface area (Å²) in [6, 6.07) is 7.05. The van der Waals surface area contributed by atoms with Crippen molar-refractivity contribution in [1.29, 1.82) is 0 Å². The van der Waals surface area contributed by atoms with Gasteiger partial charge in [-0.2, -0.15) is 5.10 Å². The Balaban J connectivity index is 2.05. The summed E-state index contributed by atoms with van der Waals surface area (Å²) < 4.78 is 12.0. The molecular formula is C14H17N3O3. The predicted octanol–water partition coefficient (Wildman–Crippen LogP) is 2.14. The molecule has 0 aliphatic heterocycles. The Morgan fingerprint density at radius 1 is 1.40 bits per heavy atom. The lowest BCUT2D eigenvalue weighted by atomic mass is 10.2. The van der Waals surface area contributed by atoms with Crippen LogP contribution in [0.25, 0.3) is 0 Å². The molecule has 0 bridgehead atoms. The Bertz CT molecular complexity index is 581. The van der Waals surface area contributed by atoms with E-state index in [4.69, 9.17) is 9.47 Å². The summed E-state index contributed by atoms with van der Waals surface area (Å²) in [4.78, 5) is 12.2. The van der Waals surface area contributed by atoms with Crippen LogP contribution in [0, 0.1) is 0 Å². The minimum absolute atomic E-state index is 0.238. The van der Waals surface area contributed by atoms with Gasteiger partial charge < -0.3 is 14.8 Å². The zero-order valence-electron chi connectivity index (χ0n) is 11.5. The standard InChI is InChI=1S/C14H17N3O3/c1-3-20-10-17-9-11(8-15-17)16-14(18)12-6-4-5-7-13(12)19-2/h4-9H,3,10H2,1-2H3,(H,16,18). The van der Waals surface area contributed by atoms with Crippen molar-refractivity contribution >= 4 is 11.6 Å². The molecule has 2 rings (SSSR count). The van der Waals surface area contributed by atoms with Gasteiger partial charge in [-0.15, -0.1) is 0 Å². The van der Waals surface area contributed by atoms with Crippen molar-refractivity contribution in [2.75, 3.05) is 19.0 Å². The van der Waals surface area contributed by atoms with Crippen LogP contribution in [0.3, 0.4) is 0 Å². The van der Waals surface area contributed by atoms with Gasteiger partial charge in [-0.1, -0.05) is 12.1 Å². The minimum atomic E-state index is -0.238. The maximum absolute atomic E-state index is 12.2. The second-order valence-electron chi connectivity index (χ2n) is 4.04. The monoisotopic (exact) mass is 275 g/mol. The van der Waals surface area contributed by atoms with Gasteiger partial charge in [0.2, 0.25) is 0 Å². The highest BCUT2D eigenvalue weighted by Crippen LogP contribution is 2.18. The Morgan fingerprint density at radius 2 is 2.20 bits per heavy atom. The summed E-state index contributed by atoms with van der Waals surface area (Å²) >= 11 is 0. The molecule has 0 saturated carbocycles. The third-order valence-electron chi connectivity index (χ3n) is 2.67. The summed E-state index contributed by atoms with van der Waals surface area (Å²) in [6.07, 6.45) is 3.29. The Hall–Kier alpha value is -2.34. The predicted molar refractivity (Wildman–Crippen MR) is 74.8 cm³/mol. The normalized spacial score (nSPS) is 10.3. The van der Waals surface area contributed by atoms with Crippen molar-refractivity contribution in [2.45, 2.75) is 13.7 Å². The molecular weight excluding hydrogens is 258 g/mol. The first-order valence-electron chi connectivity index (χ1n) is 6.29. The lowest BCUT2D eigenvalue weighted by molar-refractivity contribution is 0.0792. The number of benzene rings is 1. The first-order chi connectivity index (χ1) is 9.74. The fourth-order valence-electron chi connectivity index (χ4n) is 1.71. The van der Waals surface area contributed by atoms with Gasteiger partial charge in [0.15, 0.2) is 0 Å². The van der Waals surface area contributed by atoms with Crippen LogP contribution >= 0.6 is 0 Å². The van der Waals surface area contributed by atoms with Crippen molar-refractivity contribution in [2.24, 2.45) is 0 Å². The zero-order valence-corrected chi connectivity index (χ0v) is 11.5. The topological polar surface area (TPSA) is 65.4 Å². The number of ether oxygens (including phenoxy) is 2. The maximum atomic E-state index is 12.2. The van der Waals surface area contributed by atoms with Crippen molar-refractivity contribution in [3.8, 4) is 5.75 Å². The van der Waals surface area contributed by atoms with Crippen molar-refractivity contribution < 1.29 is 14.3 Å². The van der Waals surface area contributed by atoms with Gasteiger partial charge in [-0.25, -0.2) is 4.68 Å². The number of hydrogen-bond acceptors (Lipinski definition) is 4. The lowest BCUT2D eigenvalue weighted by Gasteiger charge is -2.07. The van der Waals surface area contributed by atoms with Gasteiger partial charge in [-0.3, -0.25) is 4.79 Å². The highest BCUT2D eigenvalue weighted by molar-refractivity contribution is 6.06. The van der Waals surface area contributed by atoms with Gasteiger partial charge in [0.25, 0.3) is 5.91 Å². The molecule has 0 unspecified atom stereocenters. The van der Waals surface area contributed by atoms with Crippen LogP contribution in [-0.4, -0.2) is 29.4 Å². The molecule has 20 heavy (non-hydrogen) atoms. The SMILES string of the molecule is CCOCn1cc(NC(=O)c2ccccc2OC)cn1. The van der Waals surface area contributed by atoms with E-state index in [1.165, 1.54) is 7.11 Å². The summed E-state index contributed by atoms with van der Waals surface area (Å²) in [7, 11) is 1.53. The molecule has 6 nitrogen and oxygen atoms in total. The van der Waals surface area contributed by atoms with Gasteiger partial charge in [0.1, 0.15) is 12.5 Å². The molecule has 1 N–H and O–H groups in total. The van der Waals surface area contributed by atoms with Gasteiger partial charge in [-0.05, 0) is 19.1 Å². The van der Waals surface area contributed by atoms with E-state index >= 15 is 0 Å². The Labute approximate surface area is 117 Å². The quantitative estimate of drug-likeness (QED) is 0.877. The van der Waals surface area contributed by atoms with Crippen molar-refractivity contribution in [1.82, 2.24) is 9.78 Å². The third kappa shape index (κ3) is 3.36. The van der Waals surface area contributed by atoms with Gasteiger partial charge in [0, 0.05) is 6.61 Å². The van der Waals surface area contributed by atoms with Crippen LogP contribution in [-0.2, 0) is 11.5 Å². The van der Waals surface area contributed by atoms with E-state index in [0.717, 1.165) is 0 Å². The molecule has 1 aromatic carbocycles. The number of methoxy groups -OCH3 is 1. The van der Waals surface area contributed by atoms with Crippen LogP contribution in [0.5, 0.6) is 5.75 Å². The number of carbonyl (C=O) groups is 1. The highest BCUT2D eigenvalue weighted by Gasteiger charge is 2.12.